The zero-order valence-corrected chi connectivity index (χ0v) is 14.6. The van der Waals surface area contributed by atoms with E-state index < -0.39 is 17.5 Å². The molecule has 0 bridgehead atoms. The van der Waals surface area contributed by atoms with Gasteiger partial charge < -0.3 is 10.2 Å². The van der Waals surface area contributed by atoms with Crippen molar-refractivity contribution in [3.8, 4) is 11.9 Å². The van der Waals surface area contributed by atoms with Crippen LogP contribution in [0.15, 0.2) is 33.2 Å². The summed E-state index contributed by atoms with van der Waals surface area (Å²) in [5.74, 6) is -0.475. The number of nitriles is 1. The molecular weight excluding hydrogens is 320 g/mol. The van der Waals surface area contributed by atoms with Gasteiger partial charge in [0.1, 0.15) is 11.6 Å². The molecule has 2 N–H and O–H groups in total. The summed E-state index contributed by atoms with van der Waals surface area (Å²) < 4.78 is 0.938. The van der Waals surface area contributed by atoms with Gasteiger partial charge in [0.15, 0.2) is 5.69 Å². The molecule has 0 aliphatic rings. The van der Waals surface area contributed by atoms with E-state index in [0.717, 1.165) is 15.7 Å². The Labute approximate surface area is 145 Å². The second kappa shape index (κ2) is 7.28. The molecule has 2 rings (SSSR count). The van der Waals surface area contributed by atoms with Crippen molar-refractivity contribution in [3.05, 3.63) is 50.8 Å². The number of aryl methyl sites for hydroxylation is 1. The van der Waals surface area contributed by atoms with E-state index in [-0.39, 0.29) is 23.4 Å². The predicted octanol–water partition coefficient (Wildman–Crippen LogP) is 3.15. The van der Waals surface area contributed by atoms with Crippen molar-refractivity contribution in [2.75, 3.05) is 0 Å². The third-order valence-electron chi connectivity index (χ3n) is 4.05. The first kappa shape index (κ1) is 18.4. The highest BCUT2D eigenvalue weighted by atomic mass is 16.3. The number of aliphatic hydroxyl groups is 1. The van der Waals surface area contributed by atoms with Gasteiger partial charge in [-0.1, -0.05) is 12.1 Å². The highest BCUT2D eigenvalue weighted by Crippen LogP contribution is 2.28. The number of aromatic hydroxyl groups is 1. The molecule has 0 fully saturated rings. The molecule has 2 aromatic rings. The van der Waals surface area contributed by atoms with Gasteiger partial charge in [-0.3, -0.25) is 9.36 Å². The molecule has 1 heterocycles. The number of aliphatic hydroxyl groups excluding tert-OH is 1. The zero-order chi connectivity index (χ0) is 18.7. The highest BCUT2D eigenvalue weighted by molar-refractivity contribution is 5.57. The van der Waals surface area contributed by atoms with E-state index in [1.165, 1.54) is 13.8 Å². The van der Waals surface area contributed by atoms with Crippen molar-refractivity contribution in [2.45, 2.75) is 40.3 Å². The lowest BCUT2D eigenvalue weighted by atomic mass is 10.1. The Bertz CT molecular complexity index is 937. The summed E-state index contributed by atoms with van der Waals surface area (Å²) in [7, 11) is 0. The SMILES string of the molecule is Cc1cccc(N=Nc2c(C)c(C#N)c(O)n(CC(C)O)c2=O)c1C. The topological polar surface area (TPSA) is 111 Å². The van der Waals surface area contributed by atoms with Gasteiger partial charge in [-0.25, -0.2) is 0 Å². The predicted molar refractivity (Wildman–Crippen MR) is 93.6 cm³/mol. The summed E-state index contributed by atoms with van der Waals surface area (Å²) in [4.78, 5) is 12.6. The minimum Gasteiger partial charge on any atom is -0.493 e. The van der Waals surface area contributed by atoms with E-state index >= 15 is 0 Å². The molecule has 0 saturated carbocycles. The largest absolute Gasteiger partial charge is 0.493 e. The molecule has 7 nitrogen and oxygen atoms in total. The molecule has 0 spiro atoms. The van der Waals surface area contributed by atoms with Gasteiger partial charge in [0, 0.05) is 5.56 Å². The maximum absolute atomic E-state index is 12.6. The molecule has 0 saturated heterocycles. The summed E-state index contributed by atoms with van der Waals surface area (Å²) in [6.45, 7) is 6.72. The van der Waals surface area contributed by atoms with E-state index in [1.54, 1.807) is 6.07 Å². The molecule has 7 heteroatoms. The Morgan fingerprint density at radius 3 is 2.52 bits per heavy atom. The van der Waals surface area contributed by atoms with Crippen LogP contribution in [0.5, 0.6) is 5.88 Å². The fourth-order valence-electron chi connectivity index (χ4n) is 2.44. The maximum Gasteiger partial charge on any atom is 0.281 e. The molecule has 0 radical (unpaired) electrons. The van der Waals surface area contributed by atoms with Gasteiger partial charge in [0.2, 0.25) is 5.88 Å². The van der Waals surface area contributed by atoms with E-state index in [4.69, 9.17) is 0 Å². The second-order valence-electron chi connectivity index (χ2n) is 5.97. The Hall–Kier alpha value is -2.98. The smallest absolute Gasteiger partial charge is 0.281 e. The molecular formula is C18H20N4O3. The van der Waals surface area contributed by atoms with Crippen LogP contribution in [-0.4, -0.2) is 20.9 Å². The maximum atomic E-state index is 12.6. The van der Waals surface area contributed by atoms with Crippen LogP contribution < -0.4 is 5.56 Å². The molecule has 0 amide bonds. The zero-order valence-electron chi connectivity index (χ0n) is 14.6. The molecule has 1 aromatic heterocycles. The summed E-state index contributed by atoms with van der Waals surface area (Å²) in [5, 5.41) is 37.2. The summed E-state index contributed by atoms with van der Waals surface area (Å²) in [5.41, 5.74) is 2.15. The number of hydrogen-bond donors (Lipinski definition) is 2. The van der Waals surface area contributed by atoms with Crippen molar-refractivity contribution < 1.29 is 10.2 Å². The third-order valence-corrected chi connectivity index (χ3v) is 4.05. The van der Waals surface area contributed by atoms with Crippen LogP contribution in [0.1, 0.15) is 29.2 Å². The fraction of sp³-hybridized carbons (Fsp3) is 0.333. The molecule has 1 atom stereocenters. The fourth-order valence-corrected chi connectivity index (χ4v) is 2.44. The van der Waals surface area contributed by atoms with Crippen LogP contribution in [0.3, 0.4) is 0 Å². The van der Waals surface area contributed by atoms with Gasteiger partial charge in [-0.15, -0.1) is 5.11 Å². The lowest BCUT2D eigenvalue weighted by Crippen LogP contribution is -2.26. The average molecular weight is 340 g/mol. The first-order valence-corrected chi connectivity index (χ1v) is 7.80. The van der Waals surface area contributed by atoms with Gasteiger partial charge in [0.05, 0.1) is 18.3 Å². The van der Waals surface area contributed by atoms with Gasteiger partial charge in [-0.2, -0.15) is 10.4 Å². The monoisotopic (exact) mass is 340 g/mol. The van der Waals surface area contributed by atoms with Gasteiger partial charge in [-0.05, 0) is 44.9 Å². The third kappa shape index (κ3) is 3.59. The molecule has 0 aliphatic heterocycles. The number of nitrogens with zero attached hydrogens (tertiary/aromatic N) is 4. The van der Waals surface area contributed by atoms with E-state index in [2.05, 4.69) is 10.2 Å². The lowest BCUT2D eigenvalue weighted by Gasteiger charge is -2.14. The Balaban J connectivity index is 2.65. The first-order valence-electron chi connectivity index (χ1n) is 7.80. The Morgan fingerprint density at radius 2 is 1.92 bits per heavy atom. The second-order valence-corrected chi connectivity index (χ2v) is 5.97. The van der Waals surface area contributed by atoms with Crippen LogP contribution in [0.25, 0.3) is 0 Å². The number of benzene rings is 1. The van der Waals surface area contributed by atoms with E-state index in [9.17, 15) is 20.3 Å². The minimum absolute atomic E-state index is 0.0316. The number of pyridine rings is 1. The van der Waals surface area contributed by atoms with Crippen molar-refractivity contribution in [3.63, 3.8) is 0 Å². The number of hydrogen-bond acceptors (Lipinski definition) is 6. The standard InChI is InChI=1S/C18H20N4O3/c1-10-6-5-7-15(12(10)3)20-21-16-13(4)14(8-19)17(24)22(18(16)25)9-11(2)23/h5-7,11,23-24H,9H2,1-4H3. The Kier molecular flexibility index (Phi) is 5.35. The van der Waals surface area contributed by atoms with E-state index in [1.807, 2.05) is 32.0 Å². The van der Waals surface area contributed by atoms with Crippen molar-refractivity contribution in [1.29, 1.82) is 5.26 Å². The minimum atomic E-state index is -0.873. The van der Waals surface area contributed by atoms with E-state index in [0.29, 0.717) is 5.69 Å². The number of rotatable bonds is 4. The van der Waals surface area contributed by atoms with Crippen LogP contribution in [0.2, 0.25) is 0 Å². The quantitative estimate of drug-likeness (QED) is 0.833. The van der Waals surface area contributed by atoms with Crippen LogP contribution in [0.4, 0.5) is 11.4 Å². The van der Waals surface area contributed by atoms with Crippen LogP contribution in [-0.2, 0) is 6.54 Å². The van der Waals surface area contributed by atoms with Gasteiger partial charge >= 0.3 is 0 Å². The first-order chi connectivity index (χ1) is 11.8. The van der Waals surface area contributed by atoms with Crippen molar-refractivity contribution in [2.24, 2.45) is 10.2 Å². The van der Waals surface area contributed by atoms with Gasteiger partial charge in [0.25, 0.3) is 5.56 Å². The van der Waals surface area contributed by atoms with Crippen LogP contribution >= 0.6 is 0 Å². The summed E-state index contributed by atoms with van der Waals surface area (Å²) in [6.07, 6.45) is -0.873. The molecule has 130 valence electrons. The highest BCUT2D eigenvalue weighted by Gasteiger charge is 2.20. The Morgan fingerprint density at radius 1 is 1.24 bits per heavy atom. The normalized spacial score (nSPS) is 12.3. The van der Waals surface area contributed by atoms with Crippen molar-refractivity contribution in [1.82, 2.24) is 4.57 Å². The molecule has 0 aliphatic carbocycles. The number of aromatic nitrogens is 1. The number of azo groups is 1. The summed E-state index contributed by atoms with van der Waals surface area (Å²) >= 11 is 0. The van der Waals surface area contributed by atoms with Crippen LogP contribution in [0, 0.1) is 32.1 Å². The molecule has 1 aromatic carbocycles. The summed E-state index contributed by atoms with van der Waals surface area (Å²) in [6, 6.07) is 7.44. The average Bonchev–Trinajstić information content (AvgIpc) is 2.55. The molecule has 25 heavy (non-hydrogen) atoms. The molecule has 1 unspecified atom stereocenters. The van der Waals surface area contributed by atoms with Crippen molar-refractivity contribution >= 4 is 11.4 Å². The lowest BCUT2D eigenvalue weighted by molar-refractivity contribution is 0.167.